The highest BCUT2D eigenvalue weighted by atomic mass is 16.6. The van der Waals surface area contributed by atoms with E-state index in [-0.39, 0.29) is 12.1 Å². The molecule has 6 heteroatoms. The lowest BCUT2D eigenvalue weighted by Gasteiger charge is -2.40. The summed E-state index contributed by atoms with van der Waals surface area (Å²) in [6.07, 6.45) is 10.4. The number of nitrogens with zero attached hydrogens (tertiary/aromatic N) is 2. The van der Waals surface area contributed by atoms with Gasteiger partial charge < -0.3 is 19.1 Å². The predicted molar refractivity (Wildman–Crippen MR) is 139 cm³/mol. The zero-order valence-electron chi connectivity index (χ0n) is 21.0. The fraction of sp³-hybridized carbons (Fsp3) is 0.379. The summed E-state index contributed by atoms with van der Waals surface area (Å²) in [5.41, 5.74) is 3.69. The van der Waals surface area contributed by atoms with Gasteiger partial charge in [0.15, 0.2) is 0 Å². The lowest BCUT2D eigenvalue weighted by atomic mass is 10.0. The molecule has 35 heavy (non-hydrogen) atoms. The van der Waals surface area contributed by atoms with Gasteiger partial charge in [0.2, 0.25) is 0 Å². The summed E-state index contributed by atoms with van der Waals surface area (Å²) in [6, 6.07) is 10.2. The average molecular weight is 477 g/mol. The van der Waals surface area contributed by atoms with Crippen molar-refractivity contribution in [3.05, 3.63) is 85.2 Å². The second-order valence-corrected chi connectivity index (χ2v) is 9.52. The van der Waals surface area contributed by atoms with Crippen molar-refractivity contribution < 1.29 is 19.0 Å². The molecule has 1 amide bonds. The molecule has 2 heterocycles. The highest BCUT2D eigenvalue weighted by Gasteiger charge is 2.35. The van der Waals surface area contributed by atoms with Crippen molar-refractivity contribution in [3.63, 3.8) is 0 Å². The van der Waals surface area contributed by atoms with Crippen molar-refractivity contribution in [2.45, 2.75) is 51.9 Å². The van der Waals surface area contributed by atoms with Gasteiger partial charge in [-0.25, -0.2) is 4.79 Å². The van der Waals surface area contributed by atoms with Crippen molar-refractivity contribution in [3.8, 4) is 16.9 Å². The van der Waals surface area contributed by atoms with Gasteiger partial charge in [-0.3, -0.25) is 4.98 Å². The van der Waals surface area contributed by atoms with Crippen LogP contribution < -0.4 is 4.74 Å². The van der Waals surface area contributed by atoms with E-state index in [1.54, 1.807) is 17.2 Å². The summed E-state index contributed by atoms with van der Waals surface area (Å²) in [4.78, 5) is 18.4. The molecule has 0 radical (unpaired) electrons. The first kappa shape index (κ1) is 26.2. The van der Waals surface area contributed by atoms with E-state index in [0.29, 0.717) is 32.1 Å². The fourth-order valence-electron chi connectivity index (χ4n) is 3.65. The van der Waals surface area contributed by atoms with Gasteiger partial charge in [0.1, 0.15) is 18.0 Å². The Bertz CT molecular complexity index is 1050. The standard InChI is InChI=1S/C29H36N2O4/c1-6-9-22(7-2)13-15-33-20-23-10-8-11-24(16-23)25-17-27(19-30-18-25)34-21-26-12-14-31(26)28(32)35-29(3,4)5/h6-11,16-19,26H,1-2,12-15,20-21H2,3-5H3. The van der Waals surface area contributed by atoms with Gasteiger partial charge in [0.05, 0.1) is 25.5 Å². The minimum atomic E-state index is -0.507. The van der Waals surface area contributed by atoms with Crippen molar-refractivity contribution in [1.29, 1.82) is 0 Å². The van der Waals surface area contributed by atoms with Gasteiger partial charge in [-0.2, -0.15) is 0 Å². The Hall–Kier alpha value is -3.38. The van der Waals surface area contributed by atoms with Crippen LogP contribution >= 0.6 is 0 Å². The van der Waals surface area contributed by atoms with Crippen LogP contribution in [0.3, 0.4) is 0 Å². The number of carbonyl (C=O) groups excluding carboxylic acids is 1. The molecule has 1 aromatic carbocycles. The summed E-state index contributed by atoms with van der Waals surface area (Å²) in [5.74, 6) is 0.672. The molecule has 1 aromatic heterocycles. The number of hydrogen-bond donors (Lipinski definition) is 0. The number of ether oxygens (including phenoxy) is 3. The van der Waals surface area contributed by atoms with Crippen molar-refractivity contribution in [2.24, 2.45) is 0 Å². The topological polar surface area (TPSA) is 60.9 Å². The van der Waals surface area contributed by atoms with Crippen LogP contribution in [0.5, 0.6) is 5.75 Å². The smallest absolute Gasteiger partial charge is 0.410 e. The molecule has 0 aliphatic carbocycles. The number of benzene rings is 1. The molecule has 1 fully saturated rings. The van der Waals surface area contributed by atoms with E-state index in [1.807, 2.05) is 63.4 Å². The van der Waals surface area contributed by atoms with Crippen LogP contribution in [0.2, 0.25) is 0 Å². The lowest BCUT2D eigenvalue weighted by molar-refractivity contribution is -0.0141. The summed E-state index contributed by atoms with van der Waals surface area (Å²) in [5, 5.41) is 0. The third-order valence-corrected chi connectivity index (χ3v) is 5.59. The quantitative estimate of drug-likeness (QED) is 0.280. The Balaban J connectivity index is 1.54. The first-order valence-electron chi connectivity index (χ1n) is 12.0. The van der Waals surface area contributed by atoms with E-state index in [9.17, 15) is 4.79 Å². The Kier molecular flexibility index (Phi) is 9.26. The summed E-state index contributed by atoms with van der Waals surface area (Å²) >= 11 is 0. The van der Waals surface area contributed by atoms with Gasteiger partial charge in [-0.05, 0) is 62.4 Å². The molecule has 0 spiro atoms. The molecule has 1 aliphatic rings. The number of pyridine rings is 1. The van der Waals surface area contributed by atoms with Gasteiger partial charge in [-0.15, -0.1) is 0 Å². The SMILES string of the molecule is C=CC=C(C=C)CCOCc1cccc(-c2cncc(OCC3CCN3C(=O)OC(C)(C)C)c2)c1. The van der Waals surface area contributed by atoms with Crippen LogP contribution in [0.4, 0.5) is 4.79 Å². The first-order valence-corrected chi connectivity index (χ1v) is 12.0. The van der Waals surface area contributed by atoms with Crippen molar-refractivity contribution in [2.75, 3.05) is 19.8 Å². The first-order chi connectivity index (χ1) is 16.8. The Labute approximate surface area is 208 Å². The molecule has 186 valence electrons. The minimum Gasteiger partial charge on any atom is -0.490 e. The maximum absolute atomic E-state index is 12.3. The Morgan fingerprint density at radius 2 is 2.03 bits per heavy atom. The third kappa shape index (κ3) is 8.11. The molecular weight excluding hydrogens is 440 g/mol. The molecule has 2 aromatic rings. The summed E-state index contributed by atoms with van der Waals surface area (Å²) < 4.78 is 17.3. The van der Waals surface area contributed by atoms with Crippen molar-refractivity contribution >= 4 is 6.09 Å². The van der Waals surface area contributed by atoms with E-state index in [1.165, 1.54) is 0 Å². The van der Waals surface area contributed by atoms with Crippen LogP contribution in [-0.4, -0.2) is 47.4 Å². The van der Waals surface area contributed by atoms with Gasteiger partial charge in [-0.1, -0.05) is 49.6 Å². The van der Waals surface area contributed by atoms with E-state index >= 15 is 0 Å². The molecular formula is C29H36N2O4. The summed E-state index contributed by atoms with van der Waals surface area (Å²) in [6.45, 7) is 15.4. The van der Waals surface area contributed by atoms with E-state index in [4.69, 9.17) is 14.2 Å². The molecule has 0 bridgehead atoms. The molecule has 1 saturated heterocycles. The largest absolute Gasteiger partial charge is 0.490 e. The maximum Gasteiger partial charge on any atom is 0.410 e. The van der Waals surface area contributed by atoms with Crippen LogP contribution in [-0.2, 0) is 16.1 Å². The fourth-order valence-corrected chi connectivity index (χ4v) is 3.65. The van der Waals surface area contributed by atoms with E-state index in [0.717, 1.165) is 35.1 Å². The predicted octanol–water partition coefficient (Wildman–Crippen LogP) is 6.34. The molecule has 1 aliphatic heterocycles. The normalized spacial score (nSPS) is 15.8. The zero-order valence-corrected chi connectivity index (χ0v) is 21.0. The molecule has 6 nitrogen and oxygen atoms in total. The highest BCUT2D eigenvalue weighted by Crippen LogP contribution is 2.26. The van der Waals surface area contributed by atoms with Crippen LogP contribution in [0.15, 0.2) is 79.7 Å². The molecule has 0 saturated carbocycles. The second-order valence-electron chi connectivity index (χ2n) is 9.52. The monoisotopic (exact) mass is 476 g/mol. The minimum absolute atomic E-state index is 0.0110. The number of hydrogen-bond acceptors (Lipinski definition) is 5. The Morgan fingerprint density at radius 3 is 2.71 bits per heavy atom. The average Bonchev–Trinajstić information content (AvgIpc) is 2.79. The Morgan fingerprint density at radius 1 is 1.20 bits per heavy atom. The van der Waals surface area contributed by atoms with Crippen LogP contribution in [0, 0.1) is 0 Å². The second kappa shape index (κ2) is 12.4. The van der Waals surface area contributed by atoms with Crippen LogP contribution in [0.25, 0.3) is 11.1 Å². The summed E-state index contributed by atoms with van der Waals surface area (Å²) in [7, 11) is 0. The number of carbonyl (C=O) groups is 1. The molecule has 0 N–H and O–H groups in total. The molecule has 3 rings (SSSR count). The van der Waals surface area contributed by atoms with E-state index in [2.05, 4.69) is 24.2 Å². The van der Waals surface area contributed by atoms with Crippen molar-refractivity contribution in [1.82, 2.24) is 9.88 Å². The third-order valence-electron chi connectivity index (χ3n) is 5.59. The maximum atomic E-state index is 12.3. The number of amides is 1. The van der Waals surface area contributed by atoms with E-state index < -0.39 is 5.60 Å². The van der Waals surface area contributed by atoms with Gasteiger partial charge >= 0.3 is 6.09 Å². The van der Waals surface area contributed by atoms with Gasteiger partial charge in [0.25, 0.3) is 0 Å². The van der Waals surface area contributed by atoms with Gasteiger partial charge in [0, 0.05) is 18.3 Å². The molecule has 1 unspecified atom stereocenters. The number of allylic oxidation sites excluding steroid dienone is 3. The number of aromatic nitrogens is 1. The number of likely N-dealkylation sites (tertiary alicyclic amines) is 1. The number of rotatable bonds is 11. The molecule has 1 atom stereocenters. The van der Waals surface area contributed by atoms with Crippen LogP contribution in [0.1, 0.15) is 39.2 Å². The highest BCUT2D eigenvalue weighted by molar-refractivity contribution is 5.69. The lowest BCUT2D eigenvalue weighted by Crippen LogP contribution is -2.55. The zero-order chi connectivity index (χ0) is 25.3.